The second kappa shape index (κ2) is 5.01. The summed E-state index contributed by atoms with van der Waals surface area (Å²) in [6, 6.07) is 9.47. The molecule has 0 aliphatic rings. The van der Waals surface area contributed by atoms with Crippen molar-refractivity contribution in [1.29, 1.82) is 0 Å². The number of aromatic nitrogens is 2. The van der Waals surface area contributed by atoms with E-state index in [1.165, 1.54) is 6.33 Å². The van der Waals surface area contributed by atoms with E-state index in [4.69, 9.17) is 17.3 Å². The van der Waals surface area contributed by atoms with Crippen LogP contribution < -0.4 is 10.6 Å². The van der Waals surface area contributed by atoms with Crippen molar-refractivity contribution >= 4 is 23.2 Å². The van der Waals surface area contributed by atoms with Crippen LogP contribution in [0.15, 0.2) is 36.7 Å². The van der Waals surface area contributed by atoms with Crippen LogP contribution in [0.5, 0.6) is 0 Å². The number of hydrogen-bond donors (Lipinski definition) is 1. The molecule has 0 unspecified atom stereocenters. The summed E-state index contributed by atoms with van der Waals surface area (Å²) in [7, 11) is 1.94. The normalized spacial score (nSPS) is 10.2. The molecule has 0 fully saturated rings. The van der Waals surface area contributed by atoms with Gasteiger partial charge in [0.25, 0.3) is 0 Å². The summed E-state index contributed by atoms with van der Waals surface area (Å²) in [4.78, 5) is 9.99. The SMILES string of the molecule is CN(Cc1ccccc1Cl)c1cc(N)ncn1. The Balaban J connectivity index is 2.17. The fourth-order valence-electron chi connectivity index (χ4n) is 1.53. The monoisotopic (exact) mass is 248 g/mol. The van der Waals surface area contributed by atoms with E-state index in [1.807, 2.05) is 36.2 Å². The Labute approximate surface area is 105 Å². The summed E-state index contributed by atoms with van der Waals surface area (Å²) in [6.07, 6.45) is 1.45. The van der Waals surface area contributed by atoms with E-state index in [9.17, 15) is 0 Å². The van der Waals surface area contributed by atoms with Gasteiger partial charge in [0.1, 0.15) is 18.0 Å². The number of hydrogen-bond acceptors (Lipinski definition) is 4. The third kappa shape index (κ3) is 2.85. The van der Waals surface area contributed by atoms with Crippen LogP contribution in [0.4, 0.5) is 11.6 Å². The molecule has 17 heavy (non-hydrogen) atoms. The fraction of sp³-hybridized carbons (Fsp3) is 0.167. The van der Waals surface area contributed by atoms with Gasteiger partial charge in [0.15, 0.2) is 0 Å². The molecular weight excluding hydrogens is 236 g/mol. The Kier molecular flexibility index (Phi) is 3.44. The van der Waals surface area contributed by atoms with Crippen molar-refractivity contribution in [2.75, 3.05) is 17.7 Å². The number of anilines is 2. The zero-order valence-electron chi connectivity index (χ0n) is 9.47. The number of nitrogens with zero attached hydrogens (tertiary/aromatic N) is 3. The minimum atomic E-state index is 0.459. The smallest absolute Gasteiger partial charge is 0.134 e. The van der Waals surface area contributed by atoms with Gasteiger partial charge in [-0.15, -0.1) is 0 Å². The highest BCUT2D eigenvalue weighted by Gasteiger charge is 2.06. The molecule has 0 atom stereocenters. The van der Waals surface area contributed by atoms with Crippen LogP contribution in [-0.2, 0) is 6.54 Å². The average Bonchev–Trinajstić information content (AvgIpc) is 2.32. The van der Waals surface area contributed by atoms with Crippen LogP contribution in [-0.4, -0.2) is 17.0 Å². The first-order valence-corrected chi connectivity index (χ1v) is 5.56. The summed E-state index contributed by atoms with van der Waals surface area (Å²) < 4.78 is 0. The van der Waals surface area contributed by atoms with Gasteiger partial charge < -0.3 is 10.6 Å². The minimum absolute atomic E-state index is 0.459. The molecule has 0 aliphatic heterocycles. The van der Waals surface area contributed by atoms with Crippen molar-refractivity contribution in [3.8, 4) is 0 Å². The highest BCUT2D eigenvalue weighted by Crippen LogP contribution is 2.19. The van der Waals surface area contributed by atoms with E-state index >= 15 is 0 Å². The van der Waals surface area contributed by atoms with E-state index in [1.54, 1.807) is 6.07 Å². The molecule has 1 aromatic heterocycles. The van der Waals surface area contributed by atoms with E-state index in [2.05, 4.69) is 9.97 Å². The lowest BCUT2D eigenvalue weighted by atomic mass is 10.2. The van der Waals surface area contributed by atoms with Gasteiger partial charge in [-0.3, -0.25) is 0 Å². The van der Waals surface area contributed by atoms with Crippen molar-refractivity contribution in [3.05, 3.63) is 47.2 Å². The number of nitrogens with two attached hydrogens (primary N) is 1. The van der Waals surface area contributed by atoms with Crippen LogP contribution in [0.25, 0.3) is 0 Å². The quantitative estimate of drug-likeness (QED) is 0.906. The van der Waals surface area contributed by atoms with Gasteiger partial charge in [0.05, 0.1) is 0 Å². The molecule has 1 heterocycles. The van der Waals surface area contributed by atoms with Crippen molar-refractivity contribution in [2.45, 2.75) is 6.54 Å². The van der Waals surface area contributed by atoms with Crippen LogP contribution in [0.1, 0.15) is 5.56 Å². The average molecular weight is 249 g/mol. The Morgan fingerprint density at radius 3 is 2.76 bits per heavy atom. The summed E-state index contributed by atoms with van der Waals surface area (Å²) in [5, 5.41) is 0.751. The molecule has 2 rings (SSSR count). The van der Waals surface area contributed by atoms with E-state index in [0.717, 1.165) is 16.4 Å². The molecule has 5 heteroatoms. The predicted octanol–water partition coefficient (Wildman–Crippen LogP) is 2.35. The van der Waals surface area contributed by atoms with Gasteiger partial charge in [-0.25, -0.2) is 9.97 Å². The molecule has 0 bridgehead atoms. The molecule has 2 aromatic rings. The molecule has 0 aliphatic carbocycles. The van der Waals surface area contributed by atoms with Gasteiger partial charge >= 0.3 is 0 Å². The molecular formula is C12H13ClN4. The fourth-order valence-corrected chi connectivity index (χ4v) is 1.73. The lowest BCUT2D eigenvalue weighted by Crippen LogP contribution is -2.18. The minimum Gasteiger partial charge on any atom is -0.384 e. The van der Waals surface area contributed by atoms with Gasteiger partial charge in [-0.05, 0) is 11.6 Å². The Morgan fingerprint density at radius 1 is 1.29 bits per heavy atom. The Hall–Kier alpha value is -1.81. The molecule has 0 amide bonds. The summed E-state index contributed by atoms with van der Waals surface area (Å²) >= 11 is 6.10. The summed E-state index contributed by atoms with van der Waals surface area (Å²) in [5.41, 5.74) is 6.67. The van der Waals surface area contributed by atoms with E-state index in [-0.39, 0.29) is 0 Å². The molecule has 0 saturated heterocycles. The molecule has 1 aromatic carbocycles. The van der Waals surface area contributed by atoms with Crippen molar-refractivity contribution in [2.24, 2.45) is 0 Å². The zero-order valence-corrected chi connectivity index (χ0v) is 10.2. The molecule has 0 radical (unpaired) electrons. The van der Waals surface area contributed by atoms with Gasteiger partial charge in [-0.1, -0.05) is 29.8 Å². The third-order valence-electron chi connectivity index (χ3n) is 2.43. The maximum Gasteiger partial charge on any atom is 0.134 e. The Bertz CT molecular complexity index is 515. The van der Waals surface area contributed by atoms with E-state index < -0.39 is 0 Å². The first kappa shape index (κ1) is 11.7. The Morgan fingerprint density at radius 2 is 2.06 bits per heavy atom. The largest absolute Gasteiger partial charge is 0.384 e. The molecule has 4 nitrogen and oxygen atoms in total. The van der Waals surface area contributed by atoms with Crippen LogP contribution in [0, 0.1) is 0 Å². The number of rotatable bonds is 3. The second-order valence-electron chi connectivity index (χ2n) is 3.75. The number of halogens is 1. The highest BCUT2D eigenvalue weighted by molar-refractivity contribution is 6.31. The molecule has 0 saturated carbocycles. The van der Waals surface area contributed by atoms with Gasteiger partial charge in [-0.2, -0.15) is 0 Å². The van der Waals surface area contributed by atoms with Crippen molar-refractivity contribution in [3.63, 3.8) is 0 Å². The standard InChI is InChI=1S/C12H13ClN4/c1-17(12-6-11(14)15-8-16-12)7-9-4-2-3-5-10(9)13/h2-6,8H,7H2,1H3,(H2,14,15,16). The molecule has 2 N–H and O–H groups in total. The highest BCUT2D eigenvalue weighted by atomic mass is 35.5. The predicted molar refractivity (Wildman–Crippen MR) is 70.0 cm³/mol. The number of nitrogen functional groups attached to an aromatic ring is 1. The number of benzene rings is 1. The van der Waals surface area contributed by atoms with Crippen LogP contribution in [0.3, 0.4) is 0 Å². The molecule has 0 spiro atoms. The van der Waals surface area contributed by atoms with Crippen LogP contribution >= 0.6 is 11.6 Å². The first-order valence-electron chi connectivity index (χ1n) is 5.19. The molecule has 88 valence electrons. The topological polar surface area (TPSA) is 55.0 Å². The zero-order chi connectivity index (χ0) is 12.3. The maximum absolute atomic E-state index is 6.10. The third-order valence-corrected chi connectivity index (χ3v) is 2.80. The van der Waals surface area contributed by atoms with Crippen LogP contribution in [0.2, 0.25) is 5.02 Å². The lowest BCUT2D eigenvalue weighted by Gasteiger charge is -2.18. The van der Waals surface area contributed by atoms with Gasteiger partial charge in [0, 0.05) is 24.7 Å². The van der Waals surface area contributed by atoms with E-state index in [0.29, 0.717) is 12.4 Å². The lowest BCUT2D eigenvalue weighted by molar-refractivity contribution is 0.892. The van der Waals surface area contributed by atoms with Crippen molar-refractivity contribution < 1.29 is 0 Å². The maximum atomic E-state index is 6.10. The summed E-state index contributed by atoms with van der Waals surface area (Å²) in [5.74, 6) is 1.23. The van der Waals surface area contributed by atoms with Crippen molar-refractivity contribution in [1.82, 2.24) is 9.97 Å². The van der Waals surface area contributed by atoms with Gasteiger partial charge in [0.2, 0.25) is 0 Å². The summed E-state index contributed by atoms with van der Waals surface area (Å²) in [6.45, 7) is 0.677. The second-order valence-corrected chi connectivity index (χ2v) is 4.16. The first-order chi connectivity index (χ1) is 8.16.